The van der Waals surface area contributed by atoms with Gasteiger partial charge in [0.1, 0.15) is 5.82 Å². The Hall–Kier alpha value is -0.930. The molecule has 5 nitrogen and oxygen atoms in total. The van der Waals surface area contributed by atoms with Crippen molar-refractivity contribution < 1.29 is 9.13 Å². The molecule has 1 aliphatic rings. The summed E-state index contributed by atoms with van der Waals surface area (Å²) in [5.41, 5.74) is 1.58. The monoisotopic (exact) mass is 506 g/mol. The van der Waals surface area contributed by atoms with Crippen LogP contribution < -0.4 is 5.32 Å². The molecule has 1 unspecified atom stereocenters. The minimum Gasteiger partial charge on any atom is -0.380 e. The molecule has 0 aliphatic carbocycles. The van der Waals surface area contributed by atoms with Gasteiger partial charge in [-0.1, -0.05) is 19.9 Å². The van der Waals surface area contributed by atoms with Gasteiger partial charge in [-0.25, -0.2) is 9.38 Å². The molecule has 1 N–H and O–H groups in total. The van der Waals surface area contributed by atoms with E-state index in [4.69, 9.17) is 9.73 Å². The first-order valence-electron chi connectivity index (χ1n) is 10.1. The van der Waals surface area contributed by atoms with Crippen LogP contribution in [0, 0.1) is 11.7 Å². The number of guanidine groups is 1. The van der Waals surface area contributed by atoms with Crippen molar-refractivity contribution in [2.45, 2.75) is 40.3 Å². The third-order valence-corrected chi connectivity index (χ3v) is 5.15. The molecule has 0 amide bonds. The normalized spacial score (nSPS) is 17.1. The van der Waals surface area contributed by atoms with E-state index in [1.54, 1.807) is 13.2 Å². The molecule has 7 heteroatoms. The summed E-state index contributed by atoms with van der Waals surface area (Å²) in [4.78, 5) is 9.66. The minimum absolute atomic E-state index is 0. The Morgan fingerprint density at radius 1 is 1.32 bits per heavy atom. The molecule has 2 rings (SSSR count). The Labute approximate surface area is 186 Å². The predicted molar refractivity (Wildman–Crippen MR) is 125 cm³/mol. The van der Waals surface area contributed by atoms with Crippen LogP contribution in [-0.4, -0.2) is 62.1 Å². The molecule has 0 aromatic heterocycles. The summed E-state index contributed by atoms with van der Waals surface area (Å²) in [5, 5.41) is 3.41. The van der Waals surface area contributed by atoms with Gasteiger partial charge in [-0.2, -0.15) is 0 Å². The van der Waals surface area contributed by atoms with Crippen molar-refractivity contribution in [2.75, 3.05) is 46.4 Å². The average molecular weight is 506 g/mol. The minimum atomic E-state index is -0.227. The van der Waals surface area contributed by atoms with Gasteiger partial charge in [-0.05, 0) is 50.0 Å². The molecule has 1 aromatic rings. The Morgan fingerprint density at radius 3 is 2.71 bits per heavy atom. The maximum atomic E-state index is 13.8. The fourth-order valence-electron chi connectivity index (χ4n) is 3.61. The van der Waals surface area contributed by atoms with Crippen molar-refractivity contribution in [3.8, 4) is 0 Å². The second-order valence-electron chi connectivity index (χ2n) is 7.12. The highest BCUT2D eigenvalue weighted by Crippen LogP contribution is 2.18. The number of halogens is 2. The molecule has 0 spiro atoms. The third kappa shape index (κ3) is 7.48. The quantitative estimate of drug-likeness (QED) is 0.315. The number of ether oxygens (including phenoxy) is 1. The van der Waals surface area contributed by atoms with Crippen LogP contribution in [0.15, 0.2) is 23.2 Å². The van der Waals surface area contributed by atoms with Gasteiger partial charge in [-0.15, -0.1) is 24.0 Å². The zero-order valence-corrected chi connectivity index (χ0v) is 20.0. The molecule has 0 saturated carbocycles. The maximum absolute atomic E-state index is 13.8. The lowest BCUT2D eigenvalue weighted by Gasteiger charge is -2.24. The SMILES string of the molecule is CCNC(=NCc1ccc(F)c(COC)c1)N1CCC(CN(CC)CC)C1.I. The molecule has 1 fully saturated rings. The lowest BCUT2D eigenvalue weighted by Crippen LogP contribution is -2.40. The number of benzene rings is 1. The molecule has 0 bridgehead atoms. The zero-order chi connectivity index (χ0) is 19.6. The largest absolute Gasteiger partial charge is 0.380 e. The summed E-state index contributed by atoms with van der Waals surface area (Å²) in [5.74, 6) is 1.42. The summed E-state index contributed by atoms with van der Waals surface area (Å²) in [6.45, 7) is 13.6. The number of nitrogens with zero attached hydrogens (tertiary/aromatic N) is 3. The summed E-state index contributed by atoms with van der Waals surface area (Å²) in [6, 6.07) is 5.15. The lowest BCUT2D eigenvalue weighted by molar-refractivity contribution is 0.181. The number of rotatable bonds is 9. The van der Waals surface area contributed by atoms with Crippen LogP contribution in [0.3, 0.4) is 0 Å². The van der Waals surface area contributed by atoms with Gasteiger partial charge in [0.25, 0.3) is 0 Å². The van der Waals surface area contributed by atoms with Crippen LogP contribution in [0.4, 0.5) is 4.39 Å². The van der Waals surface area contributed by atoms with E-state index in [-0.39, 0.29) is 36.4 Å². The van der Waals surface area contributed by atoms with Crippen LogP contribution >= 0.6 is 24.0 Å². The highest BCUT2D eigenvalue weighted by molar-refractivity contribution is 14.0. The van der Waals surface area contributed by atoms with E-state index < -0.39 is 0 Å². The van der Waals surface area contributed by atoms with Crippen molar-refractivity contribution in [2.24, 2.45) is 10.9 Å². The molecule has 28 heavy (non-hydrogen) atoms. The summed E-state index contributed by atoms with van der Waals surface area (Å²) >= 11 is 0. The molecular weight excluding hydrogens is 470 g/mol. The van der Waals surface area contributed by atoms with Crippen LogP contribution in [0.1, 0.15) is 38.3 Å². The molecule has 0 radical (unpaired) electrons. The average Bonchev–Trinajstić information content (AvgIpc) is 3.14. The van der Waals surface area contributed by atoms with E-state index in [0.717, 1.165) is 50.8 Å². The first-order valence-corrected chi connectivity index (χ1v) is 10.1. The van der Waals surface area contributed by atoms with E-state index in [0.29, 0.717) is 18.0 Å². The van der Waals surface area contributed by atoms with E-state index >= 15 is 0 Å². The van der Waals surface area contributed by atoms with Crippen molar-refractivity contribution in [1.29, 1.82) is 0 Å². The van der Waals surface area contributed by atoms with Gasteiger partial charge in [0.15, 0.2) is 5.96 Å². The Kier molecular flexibility index (Phi) is 11.9. The van der Waals surface area contributed by atoms with E-state index in [2.05, 4.69) is 35.9 Å². The number of aliphatic imine (C=N–C) groups is 1. The zero-order valence-electron chi connectivity index (χ0n) is 17.7. The summed E-state index contributed by atoms with van der Waals surface area (Å²) in [7, 11) is 1.58. The summed E-state index contributed by atoms with van der Waals surface area (Å²) < 4.78 is 18.9. The molecule has 1 atom stereocenters. The van der Waals surface area contributed by atoms with Gasteiger partial charge in [-0.3, -0.25) is 0 Å². The topological polar surface area (TPSA) is 40.1 Å². The molecule has 1 aromatic carbocycles. The van der Waals surface area contributed by atoms with E-state index in [1.165, 1.54) is 12.5 Å². The number of likely N-dealkylation sites (tertiary alicyclic amines) is 1. The Balaban J connectivity index is 0.00000392. The highest BCUT2D eigenvalue weighted by atomic mass is 127. The standard InChI is InChI=1S/C21H35FN4O.HI/c1-5-23-21(26-11-10-18(15-26)14-25(6-2)7-3)24-13-17-8-9-20(22)19(12-17)16-27-4;/h8-9,12,18H,5-7,10-11,13-16H2,1-4H3,(H,23,24);1H. The molecule has 1 aliphatic heterocycles. The number of hydrogen-bond donors (Lipinski definition) is 1. The molecule has 1 saturated heterocycles. The molecule has 160 valence electrons. The second-order valence-corrected chi connectivity index (χ2v) is 7.12. The lowest BCUT2D eigenvalue weighted by atomic mass is 10.1. The van der Waals surface area contributed by atoms with Gasteiger partial charge in [0.05, 0.1) is 13.2 Å². The van der Waals surface area contributed by atoms with E-state index in [1.807, 2.05) is 6.07 Å². The first kappa shape index (κ1) is 25.1. The van der Waals surface area contributed by atoms with Crippen molar-refractivity contribution >= 4 is 29.9 Å². The van der Waals surface area contributed by atoms with Crippen molar-refractivity contribution in [3.05, 3.63) is 35.1 Å². The number of nitrogens with one attached hydrogen (secondary N) is 1. The van der Waals surface area contributed by atoms with Crippen LogP contribution in [0.5, 0.6) is 0 Å². The first-order chi connectivity index (χ1) is 13.1. The van der Waals surface area contributed by atoms with Crippen LogP contribution in [0.25, 0.3) is 0 Å². The van der Waals surface area contributed by atoms with Gasteiger partial charge in [0, 0.05) is 38.9 Å². The fraction of sp³-hybridized carbons (Fsp3) is 0.667. The highest BCUT2D eigenvalue weighted by Gasteiger charge is 2.25. The van der Waals surface area contributed by atoms with Gasteiger partial charge < -0.3 is 19.9 Å². The van der Waals surface area contributed by atoms with Gasteiger partial charge >= 0.3 is 0 Å². The summed E-state index contributed by atoms with van der Waals surface area (Å²) in [6.07, 6.45) is 1.20. The van der Waals surface area contributed by atoms with Crippen LogP contribution in [0.2, 0.25) is 0 Å². The molecular formula is C21H36FIN4O. The van der Waals surface area contributed by atoms with E-state index in [9.17, 15) is 4.39 Å². The predicted octanol–water partition coefficient (Wildman–Crippen LogP) is 3.72. The van der Waals surface area contributed by atoms with Crippen molar-refractivity contribution in [1.82, 2.24) is 15.1 Å². The Morgan fingerprint density at radius 2 is 2.07 bits per heavy atom. The van der Waals surface area contributed by atoms with Crippen molar-refractivity contribution in [3.63, 3.8) is 0 Å². The Bertz CT molecular complexity index is 610. The van der Waals surface area contributed by atoms with Gasteiger partial charge in [0.2, 0.25) is 0 Å². The van der Waals surface area contributed by atoms with Crippen LogP contribution in [-0.2, 0) is 17.9 Å². The molecule has 1 heterocycles. The number of methoxy groups -OCH3 is 1. The maximum Gasteiger partial charge on any atom is 0.194 e. The number of hydrogen-bond acceptors (Lipinski definition) is 3. The smallest absolute Gasteiger partial charge is 0.194 e. The fourth-order valence-corrected chi connectivity index (χ4v) is 3.61. The second kappa shape index (κ2) is 13.3. The third-order valence-electron chi connectivity index (χ3n) is 5.15.